The molecule has 0 saturated carbocycles. The van der Waals surface area contributed by atoms with E-state index in [1.807, 2.05) is 30.3 Å². The van der Waals surface area contributed by atoms with Crippen LogP contribution in [0.15, 0.2) is 53.9 Å². The Morgan fingerprint density at radius 1 is 0.941 bits per heavy atom. The molecule has 2 heterocycles. The number of benzene rings is 2. The summed E-state index contributed by atoms with van der Waals surface area (Å²) in [6.45, 7) is 7.54. The summed E-state index contributed by atoms with van der Waals surface area (Å²) in [5, 5.41) is 12.8. The maximum absolute atomic E-state index is 14.3. The number of carbonyl (C=O) groups is 6. The van der Waals surface area contributed by atoms with Crippen LogP contribution in [-0.4, -0.2) is 95.0 Å². The molecule has 51 heavy (non-hydrogen) atoms. The van der Waals surface area contributed by atoms with Crippen molar-refractivity contribution in [1.29, 1.82) is 0 Å². The third kappa shape index (κ3) is 10.2. The van der Waals surface area contributed by atoms with E-state index in [1.165, 1.54) is 48.2 Å². The van der Waals surface area contributed by atoms with Gasteiger partial charge in [0.05, 0.1) is 12.6 Å². The van der Waals surface area contributed by atoms with Crippen LogP contribution in [0.5, 0.6) is 0 Å². The number of aromatic nitrogens is 1. The largest absolute Gasteiger partial charge is 0.345 e. The summed E-state index contributed by atoms with van der Waals surface area (Å²) in [6, 6.07) is 9.36. The second kappa shape index (κ2) is 17.2. The summed E-state index contributed by atoms with van der Waals surface area (Å²) in [7, 11) is 1.50. The molecule has 1 aliphatic rings. The molecule has 0 fully saturated rings. The quantitative estimate of drug-likeness (QED) is 0.321. The predicted molar refractivity (Wildman–Crippen MR) is 189 cm³/mol. The zero-order valence-electron chi connectivity index (χ0n) is 29.5. The van der Waals surface area contributed by atoms with Crippen molar-refractivity contribution in [2.75, 3.05) is 26.7 Å². The Labute approximate surface area is 300 Å². The first-order valence-electron chi connectivity index (χ1n) is 16.6. The first-order chi connectivity index (χ1) is 24.1. The van der Waals surface area contributed by atoms with Crippen molar-refractivity contribution in [2.24, 2.45) is 5.92 Å². The molecule has 0 aliphatic carbocycles. The summed E-state index contributed by atoms with van der Waals surface area (Å²) in [5.41, 5.74) is 1.47. The van der Waals surface area contributed by atoms with E-state index in [1.54, 1.807) is 20.8 Å². The zero-order valence-corrected chi connectivity index (χ0v) is 30.3. The fraction of sp³-hybridized carbons (Fsp3) is 0.417. The third-order valence-corrected chi connectivity index (χ3v) is 9.48. The van der Waals surface area contributed by atoms with Gasteiger partial charge in [0, 0.05) is 31.1 Å². The minimum absolute atomic E-state index is 0.0225. The fourth-order valence-corrected chi connectivity index (χ4v) is 6.34. The Hall–Kier alpha value is -5.18. The van der Waals surface area contributed by atoms with E-state index in [-0.39, 0.29) is 30.3 Å². The lowest BCUT2D eigenvalue weighted by Gasteiger charge is -2.29. The second-order valence-corrected chi connectivity index (χ2v) is 13.9. The normalized spacial score (nSPS) is 21.7. The van der Waals surface area contributed by atoms with Crippen molar-refractivity contribution < 1.29 is 33.2 Å². The van der Waals surface area contributed by atoms with Gasteiger partial charge in [-0.15, -0.1) is 11.3 Å². The molecule has 1 aromatic heterocycles. The van der Waals surface area contributed by atoms with Crippen LogP contribution in [0.4, 0.5) is 4.39 Å². The van der Waals surface area contributed by atoms with Gasteiger partial charge in [0.25, 0.3) is 11.8 Å². The van der Waals surface area contributed by atoms with E-state index < -0.39 is 72.0 Å². The molecule has 15 heteroatoms. The number of hydrogen-bond donors (Lipinski definition) is 4. The van der Waals surface area contributed by atoms with Gasteiger partial charge in [0.1, 0.15) is 34.6 Å². The number of nitrogens with one attached hydrogen (secondary N) is 4. The number of nitrogens with zero attached hydrogens (tertiary/aromatic N) is 3. The number of carbonyl (C=O) groups excluding carboxylic acids is 6. The highest BCUT2D eigenvalue weighted by molar-refractivity contribution is 7.09. The molecule has 6 amide bonds. The smallest absolute Gasteiger partial charge is 0.271 e. The molecule has 1 aliphatic heterocycles. The molecule has 0 spiro atoms. The van der Waals surface area contributed by atoms with Crippen LogP contribution < -0.4 is 21.3 Å². The molecule has 3 aromatic rings. The third-order valence-electron chi connectivity index (χ3n) is 8.52. The highest BCUT2D eigenvalue weighted by Gasteiger charge is 2.31. The van der Waals surface area contributed by atoms with Gasteiger partial charge in [-0.25, -0.2) is 9.37 Å². The van der Waals surface area contributed by atoms with Gasteiger partial charge in [-0.05, 0) is 56.4 Å². The monoisotopic (exact) mass is 721 g/mol. The van der Waals surface area contributed by atoms with E-state index in [2.05, 4.69) is 26.3 Å². The minimum atomic E-state index is -1.04. The summed E-state index contributed by atoms with van der Waals surface area (Å²) in [6.07, 6.45) is 0.309. The number of amides is 6. The van der Waals surface area contributed by atoms with Crippen LogP contribution in [0.2, 0.25) is 0 Å². The van der Waals surface area contributed by atoms with E-state index in [4.69, 9.17) is 0 Å². The van der Waals surface area contributed by atoms with E-state index in [9.17, 15) is 33.2 Å². The lowest BCUT2D eigenvalue weighted by Crippen LogP contribution is -2.57. The molecule has 2 bridgehead atoms. The fourth-order valence-electron chi connectivity index (χ4n) is 5.49. The predicted octanol–water partition coefficient (Wildman–Crippen LogP) is 2.37. The zero-order chi connectivity index (χ0) is 37.4. The van der Waals surface area contributed by atoms with Crippen molar-refractivity contribution in [3.05, 3.63) is 87.1 Å². The number of likely N-dealkylation sites (N-methyl/N-ethyl adjacent to an activating group) is 1. The summed E-state index contributed by atoms with van der Waals surface area (Å²) in [5.74, 6) is -4.47. The molecule has 4 N–H and O–H groups in total. The maximum atomic E-state index is 14.3. The molecule has 0 radical (unpaired) electrons. The van der Waals surface area contributed by atoms with E-state index in [0.29, 0.717) is 17.0 Å². The van der Waals surface area contributed by atoms with Crippen molar-refractivity contribution in [3.63, 3.8) is 0 Å². The molecule has 0 saturated heterocycles. The van der Waals surface area contributed by atoms with Crippen molar-refractivity contribution >= 4 is 46.8 Å². The van der Waals surface area contributed by atoms with Crippen LogP contribution in [0.25, 0.3) is 0 Å². The first kappa shape index (κ1) is 38.6. The van der Waals surface area contributed by atoms with Gasteiger partial charge < -0.3 is 31.1 Å². The Morgan fingerprint density at radius 3 is 2.33 bits per heavy atom. The summed E-state index contributed by atoms with van der Waals surface area (Å²) < 4.78 is 14.3. The molecule has 13 nitrogen and oxygen atoms in total. The topological polar surface area (TPSA) is 170 Å². The molecule has 272 valence electrons. The van der Waals surface area contributed by atoms with Gasteiger partial charge >= 0.3 is 0 Å². The van der Waals surface area contributed by atoms with Crippen LogP contribution in [0.3, 0.4) is 0 Å². The number of halogens is 1. The minimum Gasteiger partial charge on any atom is -0.345 e. The van der Waals surface area contributed by atoms with Crippen LogP contribution in [-0.2, 0) is 25.6 Å². The Morgan fingerprint density at radius 2 is 1.65 bits per heavy atom. The van der Waals surface area contributed by atoms with Crippen molar-refractivity contribution in [3.8, 4) is 0 Å². The van der Waals surface area contributed by atoms with Gasteiger partial charge in [-0.3, -0.25) is 28.8 Å². The molecular formula is C36H44FN7O6S. The maximum Gasteiger partial charge on any atom is 0.271 e. The summed E-state index contributed by atoms with van der Waals surface area (Å²) >= 11 is 1.15. The Kier molecular flexibility index (Phi) is 13.0. The van der Waals surface area contributed by atoms with Crippen LogP contribution in [0, 0.1) is 18.7 Å². The number of hydrogen-bond acceptors (Lipinski definition) is 8. The second-order valence-electron chi connectivity index (χ2n) is 13.0. The van der Waals surface area contributed by atoms with Gasteiger partial charge in [-0.1, -0.05) is 50.2 Å². The van der Waals surface area contributed by atoms with Crippen molar-refractivity contribution in [1.82, 2.24) is 36.1 Å². The van der Waals surface area contributed by atoms with Crippen molar-refractivity contribution in [2.45, 2.75) is 65.2 Å². The van der Waals surface area contributed by atoms with E-state index in [0.717, 1.165) is 23.0 Å². The molecule has 4 atom stereocenters. The average molecular weight is 722 g/mol. The number of fused-ring (bicyclic) bond motifs is 2. The standard InChI is InChI=1S/C36H44FN7O6S/c1-20(2)30-33(48)39-23(5)35(49)43(6)14-15-44(36(50)26-17-25(37)13-12-21(26)3)18-29(45)40-27(16-24-10-8-7-9-11-24)34-41-28(19-51-34)32(47)38-22(4)31(46)42-30/h7-13,17,19-20,22-23,27,30H,14-16,18H2,1-6H3,(H,38,47)(H,39,48)(H,40,45)(H,42,46)/t22-,23+,27-,30-/m0/s1. The van der Waals surface area contributed by atoms with Gasteiger partial charge in [0.2, 0.25) is 23.6 Å². The molecule has 4 rings (SSSR count). The number of thiazole rings is 1. The Balaban J connectivity index is 1.71. The van der Waals surface area contributed by atoms with Gasteiger partial charge in [0.15, 0.2) is 0 Å². The number of aryl methyl sites for hydroxylation is 1. The van der Waals surface area contributed by atoms with Crippen LogP contribution >= 0.6 is 11.3 Å². The highest BCUT2D eigenvalue weighted by atomic mass is 32.1. The lowest BCUT2D eigenvalue weighted by molar-refractivity contribution is -0.136. The lowest BCUT2D eigenvalue weighted by atomic mass is 10.0. The van der Waals surface area contributed by atoms with E-state index >= 15 is 0 Å². The molecule has 0 unspecified atom stereocenters. The van der Waals surface area contributed by atoms with Crippen LogP contribution in [0.1, 0.15) is 70.7 Å². The average Bonchev–Trinajstić information content (AvgIpc) is 3.59. The molecular weight excluding hydrogens is 678 g/mol. The van der Waals surface area contributed by atoms with Gasteiger partial charge in [-0.2, -0.15) is 0 Å². The first-order valence-corrected chi connectivity index (χ1v) is 17.5. The molecule has 2 aromatic carbocycles. The summed E-state index contributed by atoms with van der Waals surface area (Å²) in [4.78, 5) is 87.6. The highest BCUT2D eigenvalue weighted by Crippen LogP contribution is 2.23. The Bertz CT molecular complexity index is 1770. The number of rotatable bonds is 4. The SMILES string of the molecule is Cc1ccc(F)cc1C(=O)N1CCN(C)C(=O)[C@@H](C)NC(=O)[C@H](C(C)C)NC(=O)[C@H](C)NC(=O)c2csc(n2)[C@H](Cc2ccccc2)NC(=O)C1.